The number of nitrogens with zero attached hydrogens (tertiary/aromatic N) is 2. The number of Topliss-reactive ketones (excluding diaryl/α,β-unsaturated/α-hetero) is 1. The Morgan fingerprint density at radius 1 is 1.10 bits per heavy atom. The number of hydrazine groups is 1. The van der Waals surface area contributed by atoms with Gasteiger partial charge in [-0.25, -0.2) is 9.80 Å². The second-order valence-corrected chi connectivity index (χ2v) is 11.1. The summed E-state index contributed by atoms with van der Waals surface area (Å²) < 4.78 is 4.73. The van der Waals surface area contributed by atoms with E-state index < -0.39 is 23.5 Å². The van der Waals surface area contributed by atoms with Gasteiger partial charge >= 0.3 is 6.09 Å². The Kier molecular flexibility index (Phi) is 10.6. The Morgan fingerprint density at radius 2 is 1.82 bits per heavy atom. The summed E-state index contributed by atoms with van der Waals surface area (Å²) in [6, 6.07) is 14.8. The molecule has 3 rings (SSSR count). The zero-order valence-corrected chi connectivity index (χ0v) is 23.5. The summed E-state index contributed by atoms with van der Waals surface area (Å²) >= 11 is 0. The summed E-state index contributed by atoms with van der Waals surface area (Å²) in [5.74, 6) is -0.523. The SMILES string of the molecule is COC(=O)NC(C(=O)NN(CC(=O)C(C)Cc1ccccc1)CC1C=CC(c2ccccn2)=CC1)C(C)(C)C. The lowest BCUT2D eigenvalue weighted by Crippen LogP contribution is -2.58. The quantitative estimate of drug-likeness (QED) is 0.411. The van der Waals surface area contributed by atoms with E-state index in [-0.39, 0.29) is 24.2 Å². The maximum atomic E-state index is 13.4. The molecule has 0 bridgehead atoms. The van der Waals surface area contributed by atoms with Crippen molar-refractivity contribution in [1.29, 1.82) is 0 Å². The molecule has 0 spiro atoms. The summed E-state index contributed by atoms with van der Waals surface area (Å²) in [6.45, 7) is 7.98. The van der Waals surface area contributed by atoms with E-state index in [1.807, 2.05) is 82.3 Å². The fourth-order valence-electron chi connectivity index (χ4n) is 4.45. The van der Waals surface area contributed by atoms with Crippen LogP contribution in [0.2, 0.25) is 0 Å². The lowest BCUT2D eigenvalue weighted by Gasteiger charge is -2.33. The second-order valence-electron chi connectivity index (χ2n) is 11.1. The highest BCUT2D eigenvalue weighted by Crippen LogP contribution is 2.24. The Morgan fingerprint density at radius 3 is 2.41 bits per heavy atom. The molecule has 0 fully saturated rings. The van der Waals surface area contributed by atoms with E-state index in [4.69, 9.17) is 4.74 Å². The number of hydrogen-bond donors (Lipinski definition) is 2. The van der Waals surface area contributed by atoms with Crippen LogP contribution in [0.1, 0.15) is 45.4 Å². The van der Waals surface area contributed by atoms with Crippen molar-refractivity contribution in [3.63, 3.8) is 0 Å². The number of ether oxygens (including phenoxy) is 1. The summed E-state index contributed by atoms with van der Waals surface area (Å²) in [6.07, 6.45) is 8.70. The highest BCUT2D eigenvalue weighted by molar-refractivity contribution is 5.87. The third-order valence-electron chi connectivity index (χ3n) is 6.73. The molecule has 8 nitrogen and oxygen atoms in total. The molecule has 208 valence electrons. The number of methoxy groups -OCH3 is 1. The molecule has 1 aliphatic carbocycles. The highest BCUT2D eigenvalue weighted by Gasteiger charge is 2.34. The van der Waals surface area contributed by atoms with Gasteiger partial charge in [-0.2, -0.15) is 0 Å². The number of pyridine rings is 1. The number of carbonyl (C=O) groups is 3. The maximum absolute atomic E-state index is 13.4. The lowest BCUT2D eigenvalue weighted by molar-refractivity contribution is -0.133. The van der Waals surface area contributed by atoms with Gasteiger partial charge in [-0.3, -0.25) is 20.0 Å². The molecule has 2 aromatic rings. The zero-order valence-electron chi connectivity index (χ0n) is 23.5. The van der Waals surface area contributed by atoms with Crippen LogP contribution in [0.25, 0.3) is 5.57 Å². The lowest BCUT2D eigenvalue weighted by atomic mass is 9.86. The van der Waals surface area contributed by atoms with Crippen LogP contribution in [-0.2, 0) is 20.7 Å². The number of aromatic nitrogens is 1. The number of rotatable bonds is 11. The van der Waals surface area contributed by atoms with Gasteiger partial charge in [-0.1, -0.05) is 82.3 Å². The first-order chi connectivity index (χ1) is 18.6. The molecule has 0 radical (unpaired) electrons. The number of hydrogen-bond acceptors (Lipinski definition) is 6. The Balaban J connectivity index is 1.73. The number of ketones is 1. The van der Waals surface area contributed by atoms with E-state index in [2.05, 4.69) is 27.9 Å². The molecule has 39 heavy (non-hydrogen) atoms. The van der Waals surface area contributed by atoms with Crippen LogP contribution in [0.3, 0.4) is 0 Å². The molecule has 3 unspecified atom stereocenters. The number of benzene rings is 1. The van der Waals surface area contributed by atoms with Crippen LogP contribution in [0.15, 0.2) is 73.0 Å². The van der Waals surface area contributed by atoms with E-state index in [9.17, 15) is 14.4 Å². The molecule has 0 saturated heterocycles. The normalized spacial score (nSPS) is 16.7. The monoisotopic (exact) mass is 532 g/mol. The topological polar surface area (TPSA) is 101 Å². The van der Waals surface area contributed by atoms with Crippen molar-refractivity contribution in [3.05, 3.63) is 84.2 Å². The Bertz CT molecular complexity index is 1170. The highest BCUT2D eigenvalue weighted by atomic mass is 16.5. The Labute approximate surface area is 231 Å². The van der Waals surface area contributed by atoms with Crippen LogP contribution in [-0.4, -0.2) is 54.0 Å². The first-order valence-corrected chi connectivity index (χ1v) is 13.3. The molecule has 8 heteroatoms. The summed E-state index contributed by atoms with van der Waals surface area (Å²) in [7, 11) is 1.26. The fraction of sp³-hybridized carbons (Fsp3) is 0.419. The number of carbonyl (C=O) groups excluding carboxylic acids is 3. The van der Waals surface area contributed by atoms with Crippen LogP contribution < -0.4 is 10.7 Å². The van der Waals surface area contributed by atoms with Crippen molar-refractivity contribution in [2.45, 2.75) is 46.6 Å². The predicted octanol–water partition coefficient (Wildman–Crippen LogP) is 4.59. The van der Waals surface area contributed by atoms with Crippen LogP contribution in [0, 0.1) is 17.3 Å². The number of amides is 2. The molecule has 0 aliphatic heterocycles. The minimum Gasteiger partial charge on any atom is -0.453 e. The van der Waals surface area contributed by atoms with Crippen molar-refractivity contribution in [3.8, 4) is 0 Å². The van der Waals surface area contributed by atoms with Gasteiger partial charge in [0, 0.05) is 18.7 Å². The van der Waals surface area contributed by atoms with E-state index in [1.54, 1.807) is 11.2 Å². The van der Waals surface area contributed by atoms with Gasteiger partial charge in [0.25, 0.3) is 5.91 Å². The zero-order chi connectivity index (χ0) is 28.4. The van der Waals surface area contributed by atoms with Crippen molar-refractivity contribution in [1.82, 2.24) is 20.7 Å². The van der Waals surface area contributed by atoms with Gasteiger partial charge in [-0.15, -0.1) is 0 Å². The molecule has 2 amide bonds. The summed E-state index contributed by atoms with van der Waals surface area (Å²) in [5, 5.41) is 4.31. The third-order valence-corrected chi connectivity index (χ3v) is 6.73. The van der Waals surface area contributed by atoms with E-state index in [0.29, 0.717) is 13.0 Å². The van der Waals surface area contributed by atoms with Crippen LogP contribution in [0.4, 0.5) is 4.79 Å². The molecule has 1 aromatic carbocycles. The van der Waals surface area contributed by atoms with Gasteiger partial charge in [0.1, 0.15) is 6.04 Å². The minimum atomic E-state index is -0.859. The van der Waals surface area contributed by atoms with Crippen molar-refractivity contribution in [2.24, 2.45) is 17.3 Å². The van der Waals surface area contributed by atoms with Crippen LogP contribution in [0.5, 0.6) is 0 Å². The first kappa shape index (κ1) is 29.8. The Hall–Kier alpha value is -3.78. The molecule has 1 aromatic heterocycles. The number of alkyl carbamates (subject to hydrolysis) is 1. The van der Waals surface area contributed by atoms with E-state index in [1.165, 1.54) is 7.11 Å². The predicted molar refractivity (Wildman–Crippen MR) is 152 cm³/mol. The average Bonchev–Trinajstić information content (AvgIpc) is 2.92. The van der Waals surface area contributed by atoms with E-state index in [0.717, 1.165) is 23.3 Å². The third kappa shape index (κ3) is 9.18. The molecule has 0 saturated carbocycles. The molecule has 1 aliphatic rings. The van der Waals surface area contributed by atoms with Gasteiger partial charge < -0.3 is 10.1 Å². The number of nitrogens with one attached hydrogen (secondary N) is 2. The molecule has 3 atom stereocenters. The summed E-state index contributed by atoms with van der Waals surface area (Å²) in [4.78, 5) is 43.1. The largest absolute Gasteiger partial charge is 0.453 e. The van der Waals surface area contributed by atoms with Crippen molar-refractivity contribution in [2.75, 3.05) is 20.2 Å². The molecular weight excluding hydrogens is 492 g/mol. The summed E-state index contributed by atoms with van der Waals surface area (Å²) in [5.41, 5.74) is 5.39. The standard InChI is InChI=1S/C31H40N4O4/c1-22(19-23-11-7-6-8-12-23)27(36)21-35(34-29(37)28(31(2,3)4)33-30(38)39-5)20-24-14-16-25(17-15-24)26-13-9-10-18-32-26/h6-14,16-18,22,24,28H,15,19-21H2,1-5H3,(H,33,38)(H,34,37). The van der Waals surface area contributed by atoms with Gasteiger partial charge in [0.15, 0.2) is 5.78 Å². The fourth-order valence-corrected chi connectivity index (χ4v) is 4.45. The van der Waals surface area contributed by atoms with Crippen LogP contribution >= 0.6 is 0 Å². The van der Waals surface area contributed by atoms with Gasteiger partial charge in [-0.05, 0) is 47.4 Å². The average molecular weight is 533 g/mol. The van der Waals surface area contributed by atoms with Crippen molar-refractivity contribution < 1.29 is 19.1 Å². The minimum absolute atomic E-state index is 0.0249. The molecule has 2 N–H and O–H groups in total. The van der Waals surface area contributed by atoms with Gasteiger partial charge in [0.2, 0.25) is 0 Å². The van der Waals surface area contributed by atoms with Crippen molar-refractivity contribution >= 4 is 23.4 Å². The second kappa shape index (κ2) is 13.8. The first-order valence-electron chi connectivity index (χ1n) is 13.3. The molecule has 1 heterocycles. The number of allylic oxidation sites excluding steroid dienone is 3. The van der Waals surface area contributed by atoms with Gasteiger partial charge in [0.05, 0.1) is 19.3 Å². The maximum Gasteiger partial charge on any atom is 0.407 e. The smallest absolute Gasteiger partial charge is 0.407 e. The van der Waals surface area contributed by atoms with E-state index >= 15 is 0 Å². The molecular formula is C31H40N4O4.